The summed E-state index contributed by atoms with van der Waals surface area (Å²) in [6, 6.07) is 5.13. The number of urea groups is 1. The summed E-state index contributed by atoms with van der Waals surface area (Å²) in [4.78, 5) is 21.3. The van der Waals surface area contributed by atoms with Gasteiger partial charge in [0.1, 0.15) is 0 Å². The standard InChI is InChI=1S/C9H9N3O2/c13-5-11-7-2-1-3-8-6(7)4-10-9(14)12-8/h1-3,5H,4H2,(H,11,13)(H2,10,12,14). The molecule has 1 aliphatic heterocycles. The van der Waals surface area contributed by atoms with Gasteiger partial charge < -0.3 is 16.0 Å². The Balaban J connectivity index is 2.40. The molecule has 3 N–H and O–H groups in total. The van der Waals surface area contributed by atoms with Crippen molar-refractivity contribution in [3.63, 3.8) is 0 Å². The van der Waals surface area contributed by atoms with Gasteiger partial charge in [0.25, 0.3) is 0 Å². The number of nitrogens with one attached hydrogen (secondary N) is 3. The number of rotatable bonds is 2. The van der Waals surface area contributed by atoms with Crippen molar-refractivity contribution < 1.29 is 9.59 Å². The van der Waals surface area contributed by atoms with Gasteiger partial charge in [-0.1, -0.05) is 6.07 Å². The number of hydrogen-bond acceptors (Lipinski definition) is 2. The Bertz CT molecular complexity index is 375. The molecule has 0 unspecified atom stereocenters. The molecule has 0 spiro atoms. The average Bonchev–Trinajstić information content (AvgIpc) is 2.18. The van der Waals surface area contributed by atoms with E-state index in [0.29, 0.717) is 18.6 Å². The Morgan fingerprint density at radius 2 is 2.29 bits per heavy atom. The number of benzene rings is 1. The SMILES string of the molecule is O=CNc1cccc2c1CNC(=O)N2. The van der Waals surface area contributed by atoms with Gasteiger partial charge in [-0.15, -0.1) is 0 Å². The molecule has 0 fully saturated rings. The van der Waals surface area contributed by atoms with Crippen LogP contribution >= 0.6 is 0 Å². The third kappa shape index (κ3) is 1.39. The van der Waals surface area contributed by atoms with E-state index in [9.17, 15) is 9.59 Å². The number of fused-ring (bicyclic) bond motifs is 1. The molecule has 5 nitrogen and oxygen atoms in total. The van der Waals surface area contributed by atoms with Crippen LogP contribution in [0.2, 0.25) is 0 Å². The highest BCUT2D eigenvalue weighted by molar-refractivity contribution is 5.94. The summed E-state index contributed by atoms with van der Waals surface area (Å²) in [5.41, 5.74) is 2.34. The fourth-order valence-electron chi connectivity index (χ4n) is 1.43. The van der Waals surface area contributed by atoms with E-state index in [1.165, 1.54) is 0 Å². The minimum atomic E-state index is -0.222. The Kier molecular flexibility index (Phi) is 2.06. The molecular formula is C9H9N3O2. The molecule has 0 atom stereocenters. The van der Waals surface area contributed by atoms with Crippen molar-refractivity contribution in [3.05, 3.63) is 23.8 Å². The highest BCUT2D eigenvalue weighted by Crippen LogP contribution is 2.25. The molecule has 5 heteroatoms. The molecule has 1 aromatic carbocycles. The van der Waals surface area contributed by atoms with Crippen molar-refractivity contribution in [2.45, 2.75) is 6.54 Å². The maximum absolute atomic E-state index is 11.0. The van der Waals surface area contributed by atoms with Crippen molar-refractivity contribution >= 4 is 23.8 Å². The van der Waals surface area contributed by atoms with Gasteiger partial charge in [0, 0.05) is 23.5 Å². The number of amides is 3. The summed E-state index contributed by atoms with van der Waals surface area (Å²) in [5.74, 6) is 0. The van der Waals surface area contributed by atoms with E-state index in [0.717, 1.165) is 11.3 Å². The first-order chi connectivity index (χ1) is 6.81. The molecule has 0 aromatic heterocycles. The van der Waals surface area contributed by atoms with Crippen molar-refractivity contribution in [1.29, 1.82) is 0 Å². The maximum Gasteiger partial charge on any atom is 0.319 e. The van der Waals surface area contributed by atoms with Gasteiger partial charge in [0.15, 0.2) is 0 Å². The third-order valence-electron chi connectivity index (χ3n) is 2.06. The topological polar surface area (TPSA) is 70.2 Å². The fraction of sp³-hybridized carbons (Fsp3) is 0.111. The second kappa shape index (κ2) is 3.37. The fourth-order valence-corrected chi connectivity index (χ4v) is 1.43. The number of anilines is 2. The van der Waals surface area contributed by atoms with Crippen molar-refractivity contribution in [2.24, 2.45) is 0 Å². The van der Waals surface area contributed by atoms with Gasteiger partial charge >= 0.3 is 6.03 Å². The van der Waals surface area contributed by atoms with E-state index >= 15 is 0 Å². The zero-order valence-corrected chi connectivity index (χ0v) is 7.33. The minimum Gasteiger partial charge on any atom is -0.334 e. The lowest BCUT2D eigenvalue weighted by molar-refractivity contribution is -0.105. The molecule has 0 bridgehead atoms. The minimum absolute atomic E-state index is 0.222. The Labute approximate surface area is 80.5 Å². The second-order valence-corrected chi connectivity index (χ2v) is 2.90. The number of carbonyl (C=O) groups is 2. The zero-order chi connectivity index (χ0) is 9.97. The van der Waals surface area contributed by atoms with E-state index in [4.69, 9.17) is 0 Å². The zero-order valence-electron chi connectivity index (χ0n) is 7.33. The average molecular weight is 191 g/mol. The molecule has 0 aliphatic carbocycles. The van der Waals surface area contributed by atoms with Crippen LogP contribution in [0.15, 0.2) is 18.2 Å². The summed E-state index contributed by atoms with van der Waals surface area (Å²) in [6.07, 6.45) is 0.617. The molecule has 0 saturated carbocycles. The normalized spacial score (nSPS) is 13.6. The molecule has 14 heavy (non-hydrogen) atoms. The monoisotopic (exact) mass is 191 g/mol. The molecule has 0 radical (unpaired) electrons. The van der Waals surface area contributed by atoms with Gasteiger partial charge in [-0.25, -0.2) is 4.79 Å². The summed E-state index contributed by atoms with van der Waals surface area (Å²) in [7, 11) is 0. The molecular weight excluding hydrogens is 182 g/mol. The molecule has 72 valence electrons. The van der Waals surface area contributed by atoms with Crippen LogP contribution in [-0.4, -0.2) is 12.4 Å². The number of carbonyl (C=O) groups excluding carboxylic acids is 2. The summed E-state index contributed by atoms with van der Waals surface area (Å²) < 4.78 is 0. The summed E-state index contributed by atoms with van der Waals surface area (Å²) >= 11 is 0. The van der Waals surface area contributed by atoms with E-state index in [1.807, 2.05) is 0 Å². The lowest BCUT2D eigenvalue weighted by Crippen LogP contribution is -2.33. The lowest BCUT2D eigenvalue weighted by Gasteiger charge is -2.20. The highest BCUT2D eigenvalue weighted by atomic mass is 16.2. The maximum atomic E-state index is 11.0. The van der Waals surface area contributed by atoms with Crippen LogP contribution in [0.1, 0.15) is 5.56 Å². The van der Waals surface area contributed by atoms with E-state index in [1.54, 1.807) is 18.2 Å². The second-order valence-electron chi connectivity index (χ2n) is 2.90. The van der Waals surface area contributed by atoms with Crippen molar-refractivity contribution in [1.82, 2.24) is 5.32 Å². The van der Waals surface area contributed by atoms with Gasteiger partial charge in [0.05, 0.1) is 0 Å². The quantitative estimate of drug-likeness (QED) is 0.607. The molecule has 0 saturated heterocycles. The predicted molar refractivity (Wildman–Crippen MR) is 52.0 cm³/mol. The molecule has 1 aliphatic rings. The molecule has 2 rings (SSSR count). The molecule has 1 heterocycles. The van der Waals surface area contributed by atoms with Crippen LogP contribution < -0.4 is 16.0 Å². The molecule has 3 amide bonds. The van der Waals surface area contributed by atoms with Gasteiger partial charge in [0.2, 0.25) is 6.41 Å². The predicted octanol–water partition coefficient (Wildman–Crippen LogP) is 0.890. The van der Waals surface area contributed by atoms with Crippen LogP contribution in [0.4, 0.5) is 16.2 Å². The Morgan fingerprint density at radius 1 is 1.43 bits per heavy atom. The van der Waals surface area contributed by atoms with Gasteiger partial charge in [-0.2, -0.15) is 0 Å². The summed E-state index contributed by atoms with van der Waals surface area (Å²) in [5, 5.41) is 7.86. The third-order valence-corrected chi connectivity index (χ3v) is 2.06. The lowest BCUT2D eigenvalue weighted by atomic mass is 10.1. The van der Waals surface area contributed by atoms with Crippen LogP contribution in [0, 0.1) is 0 Å². The smallest absolute Gasteiger partial charge is 0.319 e. The van der Waals surface area contributed by atoms with Crippen LogP contribution in [0.5, 0.6) is 0 Å². The summed E-state index contributed by atoms with van der Waals surface area (Å²) in [6.45, 7) is 0.429. The van der Waals surface area contributed by atoms with Crippen LogP contribution in [0.3, 0.4) is 0 Å². The first-order valence-corrected chi connectivity index (χ1v) is 4.18. The molecule has 1 aromatic rings. The van der Waals surface area contributed by atoms with Crippen molar-refractivity contribution in [2.75, 3.05) is 10.6 Å². The largest absolute Gasteiger partial charge is 0.334 e. The highest BCUT2D eigenvalue weighted by Gasteiger charge is 2.15. The Hall–Kier alpha value is -2.04. The Morgan fingerprint density at radius 3 is 3.07 bits per heavy atom. The van der Waals surface area contributed by atoms with Crippen LogP contribution in [-0.2, 0) is 11.3 Å². The van der Waals surface area contributed by atoms with E-state index in [2.05, 4.69) is 16.0 Å². The number of hydrogen-bond donors (Lipinski definition) is 3. The first-order valence-electron chi connectivity index (χ1n) is 4.18. The van der Waals surface area contributed by atoms with Gasteiger partial charge in [-0.05, 0) is 12.1 Å². The first kappa shape index (κ1) is 8.55. The van der Waals surface area contributed by atoms with E-state index < -0.39 is 0 Å². The van der Waals surface area contributed by atoms with E-state index in [-0.39, 0.29) is 6.03 Å². The van der Waals surface area contributed by atoms with Crippen LogP contribution in [0.25, 0.3) is 0 Å². The van der Waals surface area contributed by atoms with Crippen molar-refractivity contribution in [3.8, 4) is 0 Å². The van der Waals surface area contributed by atoms with Gasteiger partial charge in [-0.3, -0.25) is 4.79 Å².